The first-order valence-corrected chi connectivity index (χ1v) is 12.5. The number of amides is 1. The molecule has 170 valence electrons. The molecular formula is C20H40N4O4S. The molecule has 1 amide bonds. The molecule has 1 aliphatic rings. The van der Waals surface area contributed by atoms with Gasteiger partial charge in [-0.1, -0.05) is 13.8 Å². The Balaban J connectivity index is 2.80. The number of alkyl carbamates (subject to hydrolysis) is 1. The van der Waals surface area contributed by atoms with E-state index >= 15 is 0 Å². The second-order valence-corrected chi connectivity index (χ2v) is 11.4. The zero-order valence-electron chi connectivity index (χ0n) is 19.1. The Hall–Kier alpha value is -1.51. The lowest BCUT2D eigenvalue weighted by Crippen LogP contribution is -2.52. The Labute approximate surface area is 176 Å². The van der Waals surface area contributed by atoms with E-state index in [-0.39, 0.29) is 11.2 Å². The number of aliphatic imine (C=N–C) groups is 1. The minimum Gasteiger partial charge on any atom is -0.444 e. The summed E-state index contributed by atoms with van der Waals surface area (Å²) in [5.74, 6) is 0.824. The van der Waals surface area contributed by atoms with Crippen LogP contribution in [0.1, 0.15) is 67.2 Å². The smallest absolute Gasteiger partial charge is 0.408 e. The predicted octanol–water partition coefficient (Wildman–Crippen LogP) is 2.45. The summed E-state index contributed by atoms with van der Waals surface area (Å²) in [6.45, 7) is 13.2. The van der Waals surface area contributed by atoms with Gasteiger partial charge in [0.15, 0.2) is 5.96 Å². The molecular weight excluding hydrogens is 392 g/mol. The van der Waals surface area contributed by atoms with Crippen molar-refractivity contribution in [2.75, 3.05) is 31.6 Å². The Morgan fingerprint density at radius 2 is 1.69 bits per heavy atom. The molecule has 1 aliphatic carbocycles. The first-order valence-electron chi connectivity index (χ1n) is 10.5. The highest BCUT2D eigenvalue weighted by Gasteiger charge is 2.45. The van der Waals surface area contributed by atoms with E-state index in [0.717, 1.165) is 12.8 Å². The van der Waals surface area contributed by atoms with Gasteiger partial charge in [0, 0.05) is 24.8 Å². The third-order valence-corrected chi connectivity index (χ3v) is 6.30. The normalized spacial score (nSPS) is 16.9. The van der Waals surface area contributed by atoms with Crippen LogP contribution < -0.4 is 16.0 Å². The average molecular weight is 433 g/mol. The van der Waals surface area contributed by atoms with Gasteiger partial charge in [-0.25, -0.2) is 13.2 Å². The van der Waals surface area contributed by atoms with Gasteiger partial charge in [0.1, 0.15) is 15.4 Å². The van der Waals surface area contributed by atoms with Crippen molar-refractivity contribution < 1.29 is 17.9 Å². The number of carbonyl (C=O) groups excluding carboxylic acids is 1. The Bertz CT molecular complexity index is 675. The van der Waals surface area contributed by atoms with Gasteiger partial charge < -0.3 is 20.7 Å². The minimum atomic E-state index is -3.01. The standard InChI is InChI=1S/C20H40N4O4S/c1-8-20(9-2,24-17(25)28-18(4,5)6)14-23-16(21-10-3)22-13-19(11-12-19)15-29(7,26)27/h8-15H2,1-7H3,(H,24,25)(H2,21,22,23). The maximum Gasteiger partial charge on any atom is 0.408 e. The van der Waals surface area contributed by atoms with Gasteiger partial charge in [0.2, 0.25) is 0 Å². The van der Waals surface area contributed by atoms with E-state index in [0.29, 0.717) is 38.4 Å². The summed E-state index contributed by atoms with van der Waals surface area (Å²) in [4.78, 5) is 17.0. The highest BCUT2D eigenvalue weighted by molar-refractivity contribution is 7.90. The number of nitrogens with one attached hydrogen (secondary N) is 3. The van der Waals surface area contributed by atoms with E-state index in [1.165, 1.54) is 6.26 Å². The van der Waals surface area contributed by atoms with E-state index in [9.17, 15) is 13.2 Å². The lowest BCUT2D eigenvalue weighted by molar-refractivity contribution is 0.0452. The molecule has 0 aliphatic heterocycles. The number of carbonyl (C=O) groups is 1. The van der Waals surface area contributed by atoms with Crippen molar-refractivity contribution in [1.82, 2.24) is 16.0 Å². The van der Waals surface area contributed by atoms with Crippen LogP contribution in [0.15, 0.2) is 4.99 Å². The van der Waals surface area contributed by atoms with Gasteiger partial charge in [0.25, 0.3) is 0 Å². The molecule has 3 N–H and O–H groups in total. The summed E-state index contributed by atoms with van der Waals surface area (Å²) < 4.78 is 28.7. The highest BCUT2D eigenvalue weighted by Crippen LogP contribution is 2.46. The fraction of sp³-hybridized carbons (Fsp3) is 0.900. The van der Waals surface area contributed by atoms with E-state index < -0.39 is 27.1 Å². The Morgan fingerprint density at radius 3 is 2.10 bits per heavy atom. The zero-order chi connectivity index (χ0) is 22.3. The molecule has 1 fully saturated rings. The van der Waals surface area contributed by atoms with Crippen LogP contribution >= 0.6 is 0 Å². The maximum atomic E-state index is 12.3. The highest BCUT2D eigenvalue weighted by atomic mass is 32.2. The SMILES string of the molecule is CCNC(=NCC(CC)(CC)NC(=O)OC(C)(C)C)NCC1(CS(C)(=O)=O)CC1. The summed E-state index contributed by atoms with van der Waals surface area (Å²) >= 11 is 0. The molecule has 0 aromatic heterocycles. The molecule has 0 aromatic carbocycles. The van der Waals surface area contributed by atoms with Crippen LogP contribution in [0.5, 0.6) is 0 Å². The summed E-state index contributed by atoms with van der Waals surface area (Å²) in [6, 6.07) is 0. The van der Waals surface area contributed by atoms with Crippen molar-refractivity contribution in [3.63, 3.8) is 0 Å². The van der Waals surface area contributed by atoms with Crippen LogP contribution in [0, 0.1) is 5.41 Å². The molecule has 0 aromatic rings. The van der Waals surface area contributed by atoms with Crippen molar-refractivity contribution in [3.8, 4) is 0 Å². The number of hydrogen-bond acceptors (Lipinski definition) is 5. The summed E-state index contributed by atoms with van der Waals surface area (Å²) in [7, 11) is -3.01. The predicted molar refractivity (Wildman–Crippen MR) is 118 cm³/mol. The topological polar surface area (TPSA) is 109 Å². The molecule has 0 spiro atoms. The third-order valence-electron chi connectivity index (χ3n) is 5.16. The first kappa shape index (κ1) is 25.5. The van der Waals surface area contributed by atoms with Crippen molar-refractivity contribution in [2.24, 2.45) is 10.4 Å². The van der Waals surface area contributed by atoms with Gasteiger partial charge in [-0.15, -0.1) is 0 Å². The second kappa shape index (κ2) is 10.00. The van der Waals surface area contributed by atoms with Crippen LogP contribution in [0.25, 0.3) is 0 Å². The van der Waals surface area contributed by atoms with E-state index in [4.69, 9.17) is 4.74 Å². The number of guanidine groups is 1. The number of hydrogen-bond donors (Lipinski definition) is 3. The Morgan fingerprint density at radius 1 is 1.10 bits per heavy atom. The average Bonchev–Trinajstić information content (AvgIpc) is 3.32. The van der Waals surface area contributed by atoms with Crippen LogP contribution in [-0.4, -0.2) is 63.3 Å². The zero-order valence-corrected chi connectivity index (χ0v) is 20.0. The summed E-state index contributed by atoms with van der Waals surface area (Å²) in [5.41, 5.74) is -1.25. The van der Waals surface area contributed by atoms with Crippen LogP contribution in [-0.2, 0) is 14.6 Å². The van der Waals surface area contributed by atoms with Gasteiger partial charge >= 0.3 is 6.09 Å². The summed E-state index contributed by atoms with van der Waals surface area (Å²) in [6.07, 6.45) is 4.07. The van der Waals surface area contributed by atoms with Gasteiger partial charge in [0.05, 0.1) is 17.8 Å². The Kier molecular flexibility index (Phi) is 8.80. The lowest BCUT2D eigenvalue weighted by Gasteiger charge is -2.33. The van der Waals surface area contributed by atoms with Crippen LogP contribution in [0.3, 0.4) is 0 Å². The monoisotopic (exact) mass is 432 g/mol. The third kappa shape index (κ3) is 9.69. The van der Waals surface area contributed by atoms with Gasteiger partial charge in [-0.3, -0.25) is 4.99 Å². The van der Waals surface area contributed by atoms with Crippen LogP contribution in [0.2, 0.25) is 0 Å². The minimum absolute atomic E-state index is 0.189. The van der Waals surface area contributed by atoms with Gasteiger partial charge in [-0.2, -0.15) is 0 Å². The molecule has 0 bridgehead atoms. The fourth-order valence-corrected chi connectivity index (χ4v) is 4.66. The van der Waals surface area contributed by atoms with E-state index in [1.807, 2.05) is 41.5 Å². The molecule has 0 radical (unpaired) electrons. The number of nitrogens with zero attached hydrogens (tertiary/aromatic N) is 1. The summed E-state index contributed by atoms with van der Waals surface area (Å²) in [5, 5.41) is 9.49. The molecule has 29 heavy (non-hydrogen) atoms. The molecule has 9 heteroatoms. The van der Waals surface area contributed by atoms with E-state index in [2.05, 4.69) is 20.9 Å². The maximum absolute atomic E-state index is 12.3. The van der Waals surface area contributed by atoms with Crippen molar-refractivity contribution in [1.29, 1.82) is 0 Å². The first-order chi connectivity index (χ1) is 13.3. The molecule has 1 saturated carbocycles. The number of rotatable bonds is 10. The molecule has 1 rings (SSSR count). The van der Waals surface area contributed by atoms with Gasteiger partial charge in [-0.05, 0) is 53.4 Å². The second-order valence-electron chi connectivity index (χ2n) is 9.23. The van der Waals surface area contributed by atoms with E-state index in [1.54, 1.807) is 0 Å². The molecule has 0 unspecified atom stereocenters. The largest absolute Gasteiger partial charge is 0.444 e. The van der Waals surface area contributed by atoms with Crippen LogP contribution in [0.4, 0.5) is 4.79 Å². The van der Waals surface area contributed by atoms with Crippen molar-refractivity contribution in [3.05, 3.63) is 0 Å². The molecule has 0 saturated heterocycles. The van der Waals surface area contributed by atoms with Crippen molar-refractivity contribution >= 4 is 21.9 Å². The van der Waals surface area contributed by atoms with Crippen molar-refractivity contribution in [2.45, 2.75) is 78.4 Å². The fourth-order valence-electron chi connectivity index (χ4n) is 3.16. The lowest BCUT2D eigenvalue weighted by atomic mass is 9.93. The molecule has 0 atom stereocenters. The quantitative estimate of drug-likeness (QED) is 0.361. The molecule has 0 heterocycles. The number of sulfone groups is 1. The number of ether oxygens (including phenoxy) is 1. The molecule has 8 nitrogen and oxygen atoms in total.